The van der Waals surface area contributed by atoms with Gasteiger partial charge in [-0.25, -0.2) is 9.78 Å². The highest BCUT2D eigenvalue weighted by Gasteiger charge is 2.30. The molecule has 13 heteroatoms. The number of nitrogens with one attached hydrogen (secondary N) is 4. The third-order valence-corrected chi connectivity index (χ3v) is 6.70. The summed E-state index contributed by atoms with van der Waals surface area (Å²) in [7, 11) is 0. The predicted molar refractivity (Wildman–Crippen MR) is 150 cm³/mol. The van der Waals surface area contributed by atoms with Crippen LogP contribution in [0.1, 0.15) is 36.9 Å². The lowest BCUT2D eigenvalue weighted by Crippen LogP contribution is -2.57. The van der Waals surface area contributed by atoms with Crippen LogP contribution in [0.2, 0.25) is 0 Å². The van der Waals surface area contributed by atoms with Crippen molar-refractivity contribution in [2.75, 3.05) is 18.6 Å². The quantitative estimate of drug-likeness (QED) is 0.122. The molecule has 1 aromatic carbocycles. The molecule has 0 radical (unpaired) electrons. The molecule has 0 saturated heterocycles. The summed E-state index contributed by atoms with van der Waals surface area (Å²) in [6.07, 6.45) is 6.85. The highest BCUT2D eigenvalue weighted by atomic mass is 32.2. The first-order chi connectivity index (χ1) is 18.7. The normalized spacial score (nSPS) is 14.0. The Morgan fingerprint density at radius 2 is 1.62 bits per heavy atom. The number of unbranched alkanes of at least 4 members (excludes halogenated alkanes) is 1. The van der Waals surface area contributed by atoms with E-state index in [0.29, 0.717) is 30.8 Å². The summed E-state index contributed by atoms with van der Waals surface area (Å²) in [5.41, 5.74) is 13.2. The lowest BCUT2D eigenvalue weighted by molar-refractivity contribution is -0.142. The van der Waals surface area contributed by atoms with Gasteiger partial charge in [-0.3, -0.25) is 14.4 Å². The maximum Gasteiger partial charge on any atom is 0.326 e. The molecule has 0 spiro atoms. The molecule has 0 aliphatic rings. The summed E-state index contributed by atoms with van der Waals surface area (Å²) in [6, 6.07) is 5.21. The van der Waals surface area contributed by atoms with E-state index < -0.39 is 47.9 Å². The Kier molecular flexibility index (Phi) is 14.0. The average molecular weight is 562 g/mol. The molecule has 0 aliphatic heterocycles. The standard InChI is InChI=1S/C26H39N7O5S/c1-39-12-10-21(26(37)38)32-24(35)20(9-5-6-11-27)31-25(36)22(14-18-15-29-16-30-18)33-23(34)19(28)13-17-7-3-2-4-8-17/h2-4,7-8,15-16,19-22H,5-6,9-14,27-28H2,1H3,(H,29,30)(H,31,36)(H,32,35)(H,33,34)(H,37,38). The minimum absolute atomic E-state index is 0.0816. The molecule has 2 aromatic rings. The number of nitrogens with zero attached hydrogens (tertiary/aromatic N) is 1. The van der Waals surface area contributed by atoms with Crippen molar-refractivity contribution < 1.29 is 24.3 Å². The van der Waals surface area contributed by atoms with Crippen LogP contribution in [0.4, 0.5) is 0 Å². The van der Waals surface area contributed by atoms with E-state index in [1.165, 1.54) is 24.3 Å². The van der Waals surface area contributed by atoms with Crippen molar-refractivity contribution >= 4 is 35.5 Å². The van der Waals surface area contributed by atoms with Crippen molar-refractivity contribution in [2.45, 2.75) is 62.7 Å². The fourth-order valence-electron chi connectivity index (χ4n) is 3.86. The van der Waals surface area contributed by atoms with Crippen LogP contribution in [-0.4, -0.2) is 81.5 Å². The average Bonchev–Trinajstić information content (AvgIpc) is 3.43. The van der Waals surface area contributed by atoms with Gasteiger partial charge in [-0.2, -0.15) is 11.8 Å². The number of benzene rings is 1. The maximum atomic E-state index is 13.4. The van der Waals surface area contributed by atoms with Crippen LogP contribution in [0.3, 0.4) is 0 Å². The molecule has 0 bridgehead atoms. The van der Waals surface area contributed by atoms with Crippen molar-refractivity contribution in [1.82, 2.24) is 25.9 Å². The molecule has 4 atom stereocenters. The van der Waals surface area contributed by atoms with E-state index in [9.17, 15) is 24.3 Å². The number of rotatable bonds is 18. The third-order valence-electron chi connectivity index (χ3n) is 6.05. The zero-order chi connectivity index (χ0) is 28.6. The first kappa shape index (κ1) is 31.8. The lowest BCUT2D eigenvalue weighted by Gasteiger charge is -2.25. The number of aromatic amines is 1. The first-order valence-corrected chi connectivity index (χ1v) is 14.2. The number of aromatic nitrogens is 2. The zero-order valence-electron chi connectivity index (χ0n) is 22.1. The van der Waals surface area contributed by atoms with Gasteiger partial charge in [0.25, 0.3) is 0 Å². The molecule has 1 aromatic heterocycles. The second kappa shape index (κ2) is 17.2. The number of carbonyl (C=O) groups excluding carboxylic acids is 3. The number of hydrogen-bond acceptors (Lipinski definition) is 8. The Morgan fingerprint density at radius 1 is 0.949 bits per heavy atom. The fourth-order valence-corrected chi connectivity index (χ4v) is 4.34. The minimum atomic E-state index is -1.15. The van der Waals surface area contributed by atoms with E-state index >= 15 is 0 Å². The van der Waals surface area contributed by atoms with E-state index in [1.54, 1.807) is 0 Å². The number of carbonyl (C=O) groups is 4. The molecule has 39 heavy (non-hydrogen) atoms. The van der Waals surface area contributed by atoms with Crippen LogP contribution in [0.15, 0.2) is 42.9 Å². The summed E-state index contributed by atoms with van der Waals surface area (Å²) in [4.78, 5) is 57.9. The van der Waals surface area contributed by atoms with Crippen molar-refractivity contribution in [2.24, 2.45) is 11.5 Å². The smallest absolute Gasteiger partial charge is 0.326 e. The van der Waals surface area contributed by atoms with Crippen LogP contribution < -0.4 is 27.4 Å². The molecule has 4 unspecified atom stereocenters. The van der Waals surface area contributed by atoms with Gasteiger partial charge in [-0.05, 0) is 56.2 Å². The van der Waals surface area contributed by atoms with E-state index in [0.717, 1.165) is 5.56 Å². The summed E-state index contributed by atoms with van der Waals surface area (Å²) < 4.78 is 0. The van der Waals surface area contributed by atoms with Gasteiger partial charge < -0.3 is 37.5 Å². The first-order valence-electron chi connectivity index (χ1n) is 12.8. The molecule has 1 heterocycles. The van der Waals surface area contributed by atoms with Gasteiger partial charge in [-0.15, -0.1) is 0 Å². The molecule has 3 amide bonds. The number of carboxylic acid groups (broad SMARTS) is 1. The van der Waals surface area contributed by atoms with Gasteiger partial charge in [0.2, 0.25) is 17.7 Å². The number of hydrogen-bond donors (Lipinski definition) is 7. The Morgan fingerprint density at radius 3 is 2.23 bits per heavy atom. The summed E-state index contributed by atoms with van der Waals surface area (Å²) in [6.45, 7) is 0.408. The number of carboxylic acids is 1. The topological polar surface area (TPSA) is 205 Å². The fraction of sp³-hybridized carbons (Fsp3) is 0.500. The number of imidazole rings is 1. The molecule has 0 fully saturated rings. The predicted octanol–water partition coefficient (Wildman–Crippen LogP) is -0.0567. The number of thioether (sulfide) groups is 1. The van der Waals surface area contributed by atoms with Gasteiger partial charge in [0.15, 0.2) is 0 Å². The van der Waals surface area contributed by atoms with Gasteiger partial charge in [-0.1, -0.05) is 30.3 Å². The SMILES string of the molecule is CSCCC(NC(=O)C(CCCCN)NC(=O)C(Cc1cnc[nH]1)NC(=O)C(N)Cc1ccccc1)C(=O)O. The molecule has 2 rings (SSSR count). The largest absolute Gasteiger partial charge is 0.480 e. The lowest BCUT2D eigenvalue weighted by atomic mass is 10.0. The van der Waals surface area contributed by atoms with E-state index in [1.807, 2.05) is 36.6 Å². The Labute approximate surface area is 232 Å². The summed E-state index contributed by atoms with van der Waals surface area (Å²) >= 11 is 1.47. The molecular formula is C26H39N7O5S. The second-order valence-electron chi connectivity index (χ2n) is 9.16. The molecule has 12 nitrogen and oxygen atoms in total. The summed E-state index contributed by atoms with van der Waals surface area (Å²) in [5.74, 6) is -2.34. The Hall–Kier alpha value is -3.42. The van der Waals surface area contributed by atoms with Crippen molar-refractivity contribution in [3.05, 3.63) is 54.1 Å². The van der Waals surface area contributed by atoms with Crippen molar-refractivity contribution in [1.29, 1.82) is 0 Å². The zero-order valence-corrected chi connectivity index (χ0v) is 22.9. The maximum absolute atomic E-state index is 13.4. The van der Waals surface area contributed by atoms with Crippen LogP contribution in [0.25, 0.3) is 0 Å². The number of H-pyrrole nitrogens is 1. The van der Waals surface area contributed by atoms with Gasteiger partial charge in [0.05, 0.1) is 12.4 Å². The van der Waals surface area contributed by atoms with Crippen LogP contribution in [-0.2, 0) is 32.0 Å². The summed E-state index contributed by atoms with van der Waals surface area (Å²) in [5, 5.41) is 17.5. The van der Waals surface area contributed by atoms with Crippen LogP contribution in [0, 0.1) is 0 Å². The third kappa shape index (κ3) is 11.5. The molecule has 0 aliphatic carbocycles. The van der Waals surface area contributed by atoms with Crippen LogP contribution >= 0.6 is 11.8 Å². The second-order valence-corrected chi connectivity index (χ2v) is 10.2. The monoisotopic (exact) mass is 561 g/mol. The van der Waals surface area contributed by atoms with E-state index in [4.69, 9.17) is 11.5 Å². The highest BCUT2D eigenvalue weighted by Crippen LogP contribution is 2.08. The van der Waals surface area contributed by atoms with Gasteiger partial charge in [0.1, 0.15) is 18.1 Å². The highest BCUT2D eigenvalue weighted by molar-refractivity contribution is 7.98. The van der Waals surface area contributed by atoms with Crippen molar-refractivity contribution in [3.63, 3.8) is 0 Å². The molecular weight excluding hydrogens is 522 g/mol. The van der Waals surface area contributed by atoms with Gasteiger partial charge in [0, 0.05) is 18.3 Å². The molecule has 9 N–H and O–H groups in total. The van der Waals surface area contributed by atoms with Gasteiger partial charge >= 0.3 is 5.97 Å². The minimum Gasteiger partial charge on any atom is -0.480 e. The number of nitrogens with two attached hydrogens (primary N) is 2. The van der Waals surface area contributed by atoms with E-state index in [-0.39, 0.29) is 25.7 Å². The number of amides is 3. The van der Waals surface area contributed by atoms with E-state index in [2.05, 4.69) is 25.9 Å². The molecule has 0 saturated carbocycles. The molecule has 214 valence electrons. The number of aliphatic carboxylic acids is 1. The van der Waals surface area contributed by atoms with Crippen LogP contribution in [0.5, 0.6) is 0 Å². The Balaban J connectivity index is 2.16. The Bertz CT molecular complexity index is 1040. The van der Waals surface area contributed by atoms with Crippen molar-refractivity contribution in [3.8, 4) is 0 Å².